The van der Waals surface area contributed by atoms with Crippen LogP contribution in [-0.2, 0) is 9.59 Å². The zero-order valence-electron chi connectivity index (χ0n) is 17.4. The Morgan fingerprint density at radius 3 is 2.50 bits per heavy atom. The van der Waals surface area contributed by atoms with Crippen LogP contribution in [0.5, 0.6) is 5.75 Å². The van der Waals surface area contributed by atoms with Gasteiger partial charge in [0.15, 0.2) is 0 Å². The van der Waals surface area contributed by atoms with Gasteiger partial charge >= 0.3 is 0 Å². The summed E-state index contributed by atoms with van der Waals surface area (Å²) in [6.07, 6.45) is 2.51. The van der Waals surface area contributed by atoms with Crippen molar-refractivity contribution in [2.75, 3.05) is 19.7 Å². The van der Waals surface area contributed by atoms with Gasteiger partial charge in [-0.05, 0) is 49.1 Å². The van der Waals surface area contributed by atoms with E-state index in [-0.39, 0.29) is 24.2 Å². The summed E-state index contributed by atoms with van der Waals surface area (Å²) in [5.41, 5.74) is 6.11. The minimum atomic E-state index is -0.492. The number of halogens is 1. The maximum atomic E-state index is 13.4. The van der Waals surface area contributed by atoms with Crippen LogP contribution in [0, 0.1) is 5.41 Å². The molecule has 3 rings (SSSR count). The normalized spacial score (nSPS) is 19.9. The summed E-state index contributed by atoms with van der Waals surface area (Å²) in [6, 6.07) is 17.0. The largest absolute Gasteiger partial charge is 0.493 e. The van der Waals surface area contributed by atoms with E-state index in [1.165, 1.54) is 0 Å². The number of hydrogen-bond acceptors (Lipinski definition) is 3. The van der Waals surface area contributed by atoms with E-state index in [0.717, 1.165) is 24.8 Å². The average Bonchev–Trinajstić information content (AvgIpc) is 2.74. The lowest BCUT2D eigenvalue weighted by molar-refractivity contribution is -0.139. The zero-order valence-corrected chi connectivity index (χ0v) is 18.1. The Morgan fingerprint density at radius 1 is 1.17 bits per heavy atom. The smallest absolute Gasteiger partial charge is 0.230 e. The second kappa shape index (κ2) is 9.98. The van der Waals surface area contributed by atoms with E-state index in [9.17, 15) is 9.59 Å². The minimum absolute atomic E-state index is 0.101. The van der Waals surface area contributed by atoms with E-state index in [0.29, 0.717) is 30.5 Å². The number of nitrogens with zero attached hydrogens (tertiary/aromatic N) is 1. The Morgan fingerprint density at radius 2 is 1.87 bits per heavy atom. The van der Waals surface area contributed by atoms with Crippen LogP contribution in [0.2, 0.25) is 5.02 Å². The summed E-state index contributed by atoms with van der Waals surface area (Å²) in [4.78, 5) is 27.1. The lowest BCUT2D eigenvalue weighted by atomic mass is 9.77. The van der Waals surface area contributed by atoms with Gasteiger partial charge in [0.05, 0.1) is 12.5 Å². The van der Waals surface area contributed by atoms with Gasteiger partial charge in [0.2, 0.25) is 11.8 Å². The summed E-state index contributed by atoms with van der Waals surface area (Å²) in [6.45, 7) is 3.50. The standard InChI is InChI=1S/C24H29ClN2O3/c1-2-21(18-7-4-3-5-8-18)23(29)27-14-6-13-24(16-27,15-22(26)28)17-30-20-11-9-19(25)10-12-20/h3-5,7-12,21H,2,6,13-17H2,1H3,(H2,26,28)/t21-,24-/m0/s1. The van der Waals surface area contributed by atoms with Crippen molar-refractivity contribution in [2.45, 2.75) is 38.5 Å². The third-order valence-corrected chi connectivity index (χ3v) is 6.04. The zero-order chi connectivity index (χ0) is 21.6. The molecule has 2 aromatic rings. The molecule has 0 spiro atoms. The van der Waals surface area contributed by atoms with Gasteiger partial charge in [-0.3, -0.25) is 9.59 Å². The number of ether oxygens (including phenoxy) is 1. The first kappa shape index (κ1) is 22.2. The van der Waals surface area contributed by atoms with Gasteiger partial charge in [0.25, 0.3) is 0 Å². The Kier molecular flexibility index (Phi) is 7.38. The summed E-state index contributed by atoms with van der Waals surface area (Å²) in [5.74, 6) is 0.220. The van der Waals surface area contributed by atoms with E-state index >= 15 is 0 Å². The molecule has 0 unspecified atom stereocenters. The molecule has 1 aliphatic rings. The Labute approximate surface area is 183 Å². The third-order valence-electron chi connectivity index (χ3n) is 5.79. The minimum Gasteiger partial charge on any atom is -0.493 e. The second-order valence-corrected chi connectivity index (χ2v) is 8.56. The van der Waals surface area contributed by atoms with Crippen LogP contribution >= 0.6 is 11.6 Å². The van der Waals surface area contributed by atoms with Gasteiger partial charge in [0, 0.05) is 29.9 Å². The Bertz CT molecular complexity index is 857. The molecule has 0 bridgehead atoms. The fourth-order valence-electron chi connectivity index (χ4n) is 4.30. The van der Waals surface area contributed by atoms with Crippen LogP contribution in [0.15, 0.2) is 54.6 Å². The molecule has 1 fully saturated rings. The number of carbonyl (C=O) groups is 2. The second-order valence-electron chi connectivity index (χ2n) is 8.12. The number of likely N-dealkylation sites (tertiary alicyclic amines) is 1. The van der Waals surface area contributed by atoms with E-state index in [4.69, 9.17) is 22.1 Å². The van der Waals surface area contributed by atoms with Crippen molar-refractivity contribution in [1.82, 2.24) is 4.90 Å². The van der Waals surface area contributed by atoms with Gasteiger partial charge in [-0.15, -0.1) is 0 Å². The molecule has 1 aliphatic heterocycles. The van der Waals surface area contributed by atoms with Gasteiger partial charge < -0.3 is 15.4 Å². The van der Waals surface area contributed by atoms with Gasteiger partial charge in [-0.1, -0.05) is 48.9 Å². The number of nitrogens with two attached hydrogens (primary N) is 1. The molecule has 0 aromatic heterocycles. The highest BCUT2D eigenvalue weighted by molar-refractivity contribution is 6.30. The fraction of sp³-hybridized carbons (Fsp3) is 0.417. The van der Waals surface area contributed by atoms with Crippen molar-refractivity contribution in [2.24, 2.45) is 11.1 Å². The predicted molar refractivity (Wildman–Crippen MR) is 118 cm³/mol. The number of benzene rings is 2. The lowest BCUT2D eigenvalue weighted by Gasteiger charge is -2.43. The van der Waals surface area contributed by atoms with Crippen molar-refractivity contribution in [3.8, 4) is 5.75 Å². The first-order chi connectivity index (χ1) is 14.4. The molecule has 2 aromatic carbocycles. The van der Waals surface area contributed by atoms with Crippen LogP contribution in [0.3, 0.4) is 0 Å². The molecule has 1 heterocycles. The summed E-state index contributed by atoms with van der Waals surface area (Å²) >= 11 is 5.94. The van der Waals surface area contributed by atoms with Crippen molar-refractivity contribution in [3.05, 3.63) is 65.2 Å². The van der Waals surface area contributed by atoms with Gasteiger partial charge in [-0.2, -0.15) is 0 Å². The molecule has 160 valence electrons. The van der Waals surface area contributed by atoms with E-state index in [1.54, 1.807) is 24.3 Å². The van der Waals surface area contributed by atoms with Gasteiger partial charge in [0.1, 0.15) is 5.75 Å². The Hall–Kier alpha value is -2.53. The maximum Gasteiger partial charge on any atom is 0.230 e. The highest BCUT2D eigenvalue weighted by Gasteiger charge is 2.40. The molecule has 6 heteroatoms. The number of amides is 2. The van der Waals surface area contributed by atoms with Crippen LogP contribution in [0.25, 0.3) is 0 Å². The number of piperidine rings is 1. The highest BCUT2D eigenvalue weighted by atomic mass is 35.5. The molecule has 0 aliphatic carbocycles. The van der Waals surface area contributed by atoms with E-state index in [1.807, 2.05) is 42.2 Å². The fourth-order valence-corrected chi connectivity index (χ4v) is 4.43. The summed E-state index contributed by atoms with van der Waals surface area (Å²) in [7, 11) is 0. The van der Waals surface area contributed by atoms with E-state index < -0.39 is 5.41 Å². The van der Waals surface area contributed by atoms with Crippen molar-refractivity contribution in [3.63, 3.8) is 0 Å². The SMILES string of the molecule is CC[C@H](C(=O)N1CCC[C@](COc2ccc(Cl)cc2)(CC(N)=O)C1)c1ccccc1. The first-order valence-corrected chi connectivity index (χ1v) is 10.8. The Balaban J connectivity index is 1.76. The maximum absolute atomic E-state index is 13.4. The summed E-state index contributed by atoms with van der Waals surface area (Å²) in [5, 5.41) is 0.634. The molecule has 2 N–H and O–H groups in total. The van der Waals surface area contributed by atoms with Gasteiger partial charge in [-0.25, -0.2) is 0 Å². The third kappa shape index (κ3) is 5.54. The molecular weight excluding hydrogens is 400 g/mol. The number of rotatable bonds is 8. The predicted octanol–water partition coefficient (Wildman–Crippen LogP) is 4.40. The quantitative estimate of drug-likeness (QED) is 0.677. The first-order valence-electron chi connectivity index (χ1n) is 10.4. The van der Waals surface area contributed by atoms with Crippen molar-refractivity contribution in [1.29, 1.82) is 0 Å². The molecule has 2 atom stereocenters. The molecule has 2 amide bonds. The molecule has 1 saturated heterocycles. The topological polar surface area (TPSA) is 72.6 Å². The number of primary amides is 1. The van der Waals surface area contributed by atoms with Crippen LogP contribution in [0.1, 0.15) is 44.1 Å². The van der Waals surface area contributed by atoms with Crippen LogP contribution in [-0.4, -0.2) is 36.4 Å². The molecule has 0 radical (unpaired) electrons. The molecule has 0 saturated carbocycles. The van der Waals surface area contributed by atoms with Crippen LogP contribution in [0.4, 0.5) is 0 Å². The molecular formula is C24H29ClN2O3. The number of carbonyl (C=O) groups excluding carboxylic acids is 2. The molecule has 5 nitrogen and oxygen atoms in total. The van der Waals surface area contributed by atoms with Crippen molar-refractivity contribution < 1.29 is 14.3 Å². The monoisotopic (exact) mass is 428 g/mol. The van der Waals surface area contributed by atoms with E-state index in [2.05, 4.69) is 0 Å². The molecule has 30 heavy (non-hydrogen) atoms. The average molecular weight is 429 g/mol. The van der Waals surface area contributed by atoms with Crippen LogP contribution < -0.4 is 10.5 Å². The lowest BCUT2D eigenvalue weighted by Crippen LogP contribution is -2.51. The summed E-state index contributed by atoms with van der Waals surface area (Å²) < 4.78 is 6.00. The van der Waals surface area contributed by atoms with Crippen molar-refractivity contribution >= 4 is 23.4 Å². The highest BCUT2D eigenvalue weighted by Crippen LogP contribution is 2.36. The number of hydrogen-bond donors (Lipinski definition) is 1.